The van der Waals surface area contributed by atoms with Crippen molar-refractivity contribution in [3.8, 4) is 0 Å². The van der Waals surface area contributed by atoms with Gasteiger partial charge in [-0.25, -0.2) is 4.98 Å². The molecule has 9 nitrogen and oxygen atoms in total. The highest BCUT2D eigenvalue weighted by atomic mass is 35.5. The fourth-order valence-corrected chi connectivity index (χ4v) is 2.35. The Labute approximate surface area is 151 Å². The predicted octanol–water partition coefficient (Wildman–Crippen LogP) is 0.820. The van der Waals surface area contributed by atoms with Crippen molar-refractivity contribution in [2.24, 2.45) is 5.73 Å². The van der Waals surface area contributed by atoms with Crippen LogP contribution in [0.3, 0.4) is 0 Å². The molecule has 24 heavy (non-hydrogen) atoms. The van der Waals surface area contributed by atoms with Gasteiger partial charge in [-0.15, -0.1) is 24.8 Å². The molecule has 11 heteroatoms. The first-order valence-electron chi connectivity index (χ1n) is 6.91. The summed E-state index contributed by atoms with van der Waals surface area (Å²) in [5.41, 5.74) is 5.68. The van der Waals surface area contributed by atoms with E-state index in [2.05, 4.69) is 10.3 Å². The Hall–Kier alpha value is -1.68. The molecule has 2 atom stereocenters. The minimum absolute atomic E-state index is 0. The van der Waals surface area contributed by atoms with Crippen LogP contribution in [0.15, 0.2) is 18.3 Å². The van der Waals surface area contributed by atoms with E-state index in [-0.39, 0.29) is 49.1 Å². The molecular weight excluding hydrogens is 361 g/mol. The van der Waals surface area contributed by atoms with Crippen molar-refractivity contribution in [2.45, 2.75) is 18.5 Å². The molecule has 1 aliphatic rings. The molecule has 0 aliphatic carbocycles. The number of rotatable bonds is 6. The average molecular weight is 382 g/mol. The van der Waals surface area contributed by atoms with Crippen molar-refractivity contribution in [2.75, 3.05) is 32.1 Å². The van der Waals surface area contributed by atoms with Gasteiger partial charge in [0.25, 0.3) is 5.69 Å². The molecule has 1 amide bonds. The van der Waals surface area contributed by atoms with Crippen LogP contribution in [-0.4, -0.2) is 59.6 Å². The fourth-order valence-electron chi connectivity index (χ4n) is 2.35. The van der Waals surface area contributed by atoms with Gasteiger partial charge in [-0.3, -0.25) is 14.9 Å². The molecule has 0 aromatic carbocycles. The van der Waals surface area contributed by atoms with Gasteiger partial charge in [0.1, 0.15) is 18.1 Å². The Bertz CT molecular complexity index is 546. The number of pyridine rings is 1. The second kappa shape index (κ2) is 10.2. The van der Waals surface area contributed by atoms with Gasteiger partial charge in [0.15, 0.2) is 0 Å². The molecule has 1 aliphatic heterocycles. The molecule has 0 spiro atoms. The first-order valence-corrected chi connectivity index (χ1v) is 6.91. The molecule has 1 aromatic rings. The maximum atomic E-state index is 12.1. The van der Waals surface area contributed by atoms with E-state index in [4.69, 9.17) is 10.5 Å². The highest BCUT2D eigenvalue weighted by Crippen LogP contribution is 2.17. The average Bonchev–Trinajstić information content (AvgIpc) is 2.95. The van der Waals surface area contributed by atoms with Crippen molar-refractivity contribution in [1.29, 1.82) is 0 Å². The smallest absolute Gasteiger partial charge is 0.287 e. The van der Waals surface area contributed by atoms with Crippen LogP contribution in [0.2, 0.25) is 0 Å². The van der Waals surface area contributed by atoms with Gasteiger partial charge >= 0.3 is 0 Å². The van der Waals surface area contributed by atoms with E-state index in [0.717, 1.165) is 6.42 Å². The van der Waals surface area contributed by atoms with E-state index in [1.807, 2.05) is 0 Å². The summed E-state index contributed by atoms with van der Waals surface area (Å²) in [4.78, 5) is 27.8. The highest BCUT2D eigenvalue weighted by molar-refractivity contribution is 5.85. The number of likely N-dealkylation sites (tertiary alicyclic amines) is 1. The minimum atomic E-state index is -0.652. The van der Waals surface area contributed by atoms with Crippen LogP contribution in [0.5, 0.6) is 0 Å². The number of nitrogens with one attached hydrogen (secondary N) is 1. The third-order valence-corrected chi connectivity index (χ3v) is 3.47. The van der Waals surface area contributed by atoms with Crippen LogP contribution in [0, 0.1) is 10.1 Å². The molecule has 1 aromatic heterocycles. The summed E-state index contributed by atoms with van der Waals surface area (Å²) in [5, 5.41) is 13.7. The standard InChI is InChI=1S/C13H19N5O4.2ClH/c1-22-8-11(14)13(19)17-5-4-9(7-17)16-12-3-2-10(6-15-12)18(20)21;;/h2-3,6,9,11H,4-5,7-8,14H2,1H3,(H,15,16);2*1H. The summed E-state index contributed by atoms with van der Waals surface area (Å²) < 4.78 is 4.88. The van der Waals surface area contributed by atoms with Crippen molar-refractivity contribution in [3.05, 3.63) is 28.4 Å². The molecule has 136 valence electrons. The lowest BCUT2D eigenvalue weighted by atomic mass is 10.2. The number of hydrogen-bond donors (Lipinski definition) is 2. The van der Waals surface area contributed by atoms with Crippen LogP contribution in [0.1, 0.15) is 6.42 Å². The number of aromatic nitrogens is 1. The lowest BCUT2D eigenvalue weighted by Gasteiger charge is -2.20. The predicted molar refractivity (Wildman–Crippen MR) is 93.8 cm³/mol. The lowest BCUT2D eigenvalue weighted by Crippen LogP contribution is -2.45. The Morgan fingerprint density at radius 1 is 1.58 bits per heavy atom. The number of nitrogens with two attached hydrogens (primary N) is 1. The molecule has 0 saturated carbocycles. The molecule has 1 saturated heterocycles. The van der Waals surface area contributed by atoms with Gasteiger partial charge in [0, 0.05) is 32.3 Å². The quantitative estimate of drug-likeness (QED) is 0.551. The number of methoxy groups -OCH3 is 1. The molecule has 1 fully saturated rings. The van der Waals surface area contributed by atoms with Crippen LogP contribution in [-0.2, 0) is 9.53 Å². The number of halogens is 2. The van der Waals surface area contributed by atoms with Crippen LogP contribution in [0.25, 0.3) is 0 Å². The van der Waals surface area contributed by atoms with Gasteiger partial charge in [0.05, 0.1) is 11.5 Å². The van der Waals surface area contributed by atoms with E-state index in [1.54, 1.807) is 11.0 Å². The summed E-state index contributed by atoms with van der Waals surface area (Å²) >= 11 is 0. The fraction of sp³-hybridized carbons (Fsp3) is 0.538. The van der Waals surface area contributed by atoms with E-state index in [0.29, 0.717) is 18.9 Å². The second-order valence-corrected chi connectivity index (χ2v) is 5.13. The van der Waals surface area contributed by atoms with E-state index in [1.165, 1.54) is 19.4 Å². The number of ether oxygens (including phenoxy) is 1. The highest BCUT2D eigenvalue weighted by Gasteiger charge is 2.29. The molecule has 2 heterocycles. The van der Waals surface area contributed by atoms with Crippen LogP contribution in [0.4, 0.5) is 11.5 Å². The molecular formula is C13H21Cl2N5O4. The topological polar surface area (TPSA) is 124 Å². The largest absolute Gasteiger partial charge is 0.383 e. The number of nitro groups is 1. The summed E-state index contributed by atoms with van der Waals surface area (Å²) in [7, 11) is 1.50. The molecule has 3 N–H and O–H groups in total. The molecule has 2 rings (SSSR count). The van der Waals surface area contributed by atoms with Gasteiger partial charge in [-0.05, 0) is 12.5 Å². The zero-order chi connectivity index (χ0) is 16.1. The number of anilines is 1. The lowest BCUT2D eigenvalue weighted by molar-refractivity contribution is -0.385. The summed E-state index contributed by atoms with van der Waals surface area (Å²) in [6.45, 7) is 1.33. The Morgan fingerprint density at radius 2 is 2.29 bits per heavy atom. The van der Waals surface area contributed by atoms with Crippen molar-refractivity contribution in [3.63, 3.8) is 0 Å². The monoisotopic (exact) mass is 381 g/mol. The van der Waals surface area contributed by atoms with Gasteiger partial charge < -0.3 is 20.7 Å². The van der Waals surface area contributed by atoms with E-state index < -0.39 is 11.0 Å². The molecule has 0 bridgehead atoms. The summed E-state index contributed by atoms with van der Waals surface area (Å²) in [6.07, 6.45) is 1.97. The SMILES string of the molecule is COCC(N)C(=O)N1CCC(Nc2ccc([N+](=O)[O-])cn2)C1.Cl.Cl. The first kappa shape index (κ1) is 22.3. The van der Waals surface area contributed by atoms with Crippen LogP contribution < -0.4 is 11.1 Å². The third kappa shape index (κ3) is 5.75. The van der Waals surface area contributed by atoms with Gasteiger partial charge in [-0.1, -0.05) is 0 Å². The number of carbonyl (C=O) groups is 1. The molecule has 0 radical (unpaired) electrons. The maximum absolute atomic E-state index is 12.1. The Balaban J connectivity index is 0.00000264. The van der Waals surface area contributed by atoms with Crippen molar-refractivity contribution < 1.29 is 14.5 Å². The normalized spacial score (nSPS) is 17.4. The zero-order valence-corrected chi connectivity index (χ0v) is 14.7. The summed E-state index contributed by atoms with van der Waals surface area (Å²) in [5.74, 6) is 0.411. The second-order valence-electron chi connectivity index (χ2n) is 5.13. The number of hydrogen-bond acceptors (Lipinski definition) is 7. The Kier molecular flexibility index (Phi) is 9.52. The first-order chi connectivity index (χ1) is 10.5. The van der Waals surface area contributed by atoms with Gasteiger partial charge in [-0.2, -0.15) is 0 Å². The maximum Gasteiger partial charge on any atom is 0.287 e. The van der Waals surface area contributed by atoms with Crippen molar-refractivity contribution in [1.82, 2.24) is 9.88 Å². The minimum Gasteiger partial charge on any atom is -0.383 e. The molecule has 2 unspecified atom stereocenters. The number of nitrogens with zero attached hydrogens (tertiary/aromatic N) is 3. The van der Waals surface area contributed by atoms with E-state index in [9.17, 15) is 14.9 Å². The third-order valence-electron chi connectivity index (χ3n) is 3.47. The van der Waals surface area contributed by atoms with E-state index >= 15 is 0 Å². The number of carbonyl (C=O) groups excluding carboxylic acids is 1. The van der Waals surface area contributed by atoms with Crippen LogP contribution >= 0.6 is 24.8 Å². The Morgan fingerprint density at radius 3 is 2.83 bits per heavy atom. The number of amides is 1. The zero-order valence-electron chi connectivity index (χ0n) is 13.1. The van der Waals surface area contributed by atoms with Crippen molar-refractivity contribution >= 4 is 42.2 Å². The van der Waals surface area contributed by atoms with Gasteiger partial charge in [0.2, 0.25) is 5.91 Å². The summed E-state index contributed by atoms with van der Waals surface area (Å²) in [6, 6.07) is 2.34.